The largest absolute Gasteiger partial charge is 0.490 e. The molecule has 1 aromatic carbocycles. The molecule has 0 radical (unpaired) electrons. The Morgan fingerprint density at radius 3 is 1.92 bits per heavy atom. The molecular weight excluding hydrogens is 464 g/mol. The van der Waals surface area contributed by atoms with Crippen LogP contribution in [0.25, 0.3) is 11.4 Å². The van der Waals surface area contributed by atoms with E-state index in [1.165, 1.54) is 56.9 Å². The first-order valence-electron chi connectivity index (χ1n) is 14.5. The number of ether oxygens (including phenoxy) is 2. The molecule has 0 aliphatic rings. The lowest BCUT2D eigenvalue weighted by Crippen LogP contribution is -2.02. The molecule has 1 heterocycles. The zero-order chi connectivity index (χ0) is 26.4. The first-order valence-corrected chi connectivity index (χ1v) is 14.5. The number of carboxylic acid groups (broad SMARTS) is 1. The molecule has 0 aliphatic carbocycles. The van der Waals surface area contributed by atoms with E-state index in [1.54, 1.807) is 12.4 Å². The first kappa shape index (κ1) is 30.8. The molecule has 0 bridgehead atoms. The van der Waals surface area contributed by atoms with E-state index in [2.05, 4.69) is 41.2 Å². The summed E-state index contributed by atoms with van der Waals surface area (Å²) in [6, 6.07) is 8.58. The number of unbranched alkanes of at least 4 members (excludes halogenated alkanes) is 11. The first-order chi connectivity index (χ1) is 18.2. The lowest BCUT2D eigenvalue weighted by atomic mass is 10.0. The number of hydrogen-bond acceptors (Lipinski definition) is 5. The Morgan fingerprint density at radius 1 is 0.730 bits per heavy atom. The number of aliphatic carboxylic acids is 1. The second-order valence-corrected chi connectivity index (χ2v) is 9.89. The maximum absolute atomic E-state index is 10.5. The Morgan fingerprint density at radius 2 is 1.30 bits per heavy atom. The van der Waals surface area contributed by atoms with Crippen LogP contribution in [0.3, 0.4) is 0 Å². The van der Waals surface area contributed by atoms with Crippen molar-refractivity contribution in [2.45, 2.75) is 110 Å². The molecule has 0 saturated carbocycles. The molecule has 0 aliphatic heterocycles. The van der Waals surface area contributed by atoms with E-state index in [4.69, 9.17) is 14.6 Å². The highest BCUT2D eigenvalue weighted by Crippen LogP contribution is 2.19. The molecule has 37 heavy (non-hydrogen) atoms. The van der Waals surface area contributed by atoms with Gasteiger partial charge in [-0.3, -0.25) is 4.79 Å². The molecule has 1 N–H and O–H groups in total. The summed E-state index contributed by atoms with van der Waals surface area (Å²) in [7, 11) is 0. The summed E-state index contributed by atoms with van der Waals surface area (Å²) in [4.78, 5) is 19.5. The number of carboxylic acids is 1. The van der Waals surface area contributed by atoms with E-state index in [-0.39, 0.29) is 0 Å². The normalized spacial score (nSPS) is 11.1. The molecule has 0 saturated heterocycles. The van der Waals surface area contributed by atoms with Gasteiger partial charge >= 0.3 is 5.97 Å². The van der Waals surface area contributed by atoms with Crippen LogP contribution in [0, 0.1) is 0 Å². The number of hydrogen-bond donors (Lipinski definition) is 1. The van der Waals surface area contributed by atoms with E-state index < -0.39 is 5.97 Å². The third-order valence-corrected chi connectivity index (χ3v) is 6.54. The molecule has 0 spiro atoms. The Labute approximate surface area is 224 Å². The van der Waals surface area contributed by atoms with Crippen LogP contribution >= 0.6 is 0 Å². The van der Waals surface area contributed by atoms with E-state index in [9.17, 15) is 4.79 Å². The van der Waals surface area contributed by atoms with Gasteiger partial charge in [0, 0.05) is 25.2 Å². The van der Waals surface area contributed by atoms with E-state index in [0.29, 0.717) is 18.8 Å². The lowest BCUT2D eigenvalue weighted by Gasteiger charge is -2.07. The molecule has 1 aromatic heterocycles. The van der Waals surface area contributed by atoms with Crippen molar-refractivity contribution in [3.63, 3.8) is 0 Å². The van der Waals surface area contributed by atoms with Crippen molar-refractivity contribution in [1.29, 1.82) is 0 Å². The van der Waals surface area contributed by atoms with Gasteiger partial charge in [-0.1, -0.05) is 89.0 Å². The van der Waals surface area contributed by atoms with Crippen molar-refractivity contribution in [3.05, 3.63) is 42.2 Å². The summed E-state index contributed by atoms with van der Waals surface area (Å²) in [5.74, 6) is 0.758. The van der Waals surface area contributed by atoms with Crippen LogP contribution in [-0.2, 0) is 16.0 Å². The van der Waals surface area contributed by atoms with Crippen molar-refractivity contribution < 1.29 is 19.4 Å². The maximum atomic E-state index is 10.5. The van der Waals surface area contributed by atoms with E-state index >= 15 is 0 Å². The van der Waals surface area contributed by atoms with Gasteiger partial charge in [-0.2, -0.15) is 0 Å². The fourth-order valence-corrected chi connectivity index (χ4v) is 4.26. The second-order valence-electron chi connectivity index (χ2n) is 9.89. The highest BCUT2D eigenvalue weighted by atomic mass is 16.5. The maximum Gasteiger partial charge on any atom is 0.303 e. The van der Waals surface area contributed by atoms with Crippen molar-refractivity contribution in [2.75, 3.05) is 19.8 Å². The lowest BCUT2D eigenvalue weighted by molar-refractivity contribution is -0.137. The Bertz CT molecular complexity index is 824. The van der Waals surface area contributed by atoms with Gasteiger partial charge in [-0.05, 0) is 44.1 Å². The van der Waals surface area contributed by atoms with Gasteiger partial charge < -0.3 is 14.6 Å². The van der Waals surface area contributed by atoms with E-state index in [1.807, 2.05) is 0 Å². The van der Waals surface area contributed by atoms with Gasteiger partial charge in [0.05, 0.1) is 19.0 Å². The highest BCUT2D eigenvalue weighted by Gasteiger charge is 2.03. The van der Waals surface area contributed by atoms with Crippen molar-refractivity contribution in [3.8, 4) is 17.1 Å². The predicted molar refractivity (Wildman–Crippen MR) is 150 cm³/mol. The Kier molecular flexibility index (Phi) is 17.1. The number of aryl methyl sites for hydroxylation is 1. The van der Waals surface area contributed by atoms with Crippen molar-refractivity contribution >= 4 is 5.97 Å². The average Bonchev–Trinajstić information content (AvgIpc) is 2.91. The number of rotatable bonds is 23. The topological polar surface area (TPSA) is 81.5 Å². The van der Waals surface area contributed by atoms with Crippen LogP contribution in [0.1, 0.15) is 109 Å². The molecule has 0 atom stereocenters. The van der Waals surface area contributed by atoms with E-state index in [0.717, 1.165) is 69.5 Å². The molecule has 0 amide bonds. The highest BCUT2D eigenvalue weighted by molar-refractivity contribution is 5.66. The zero-order valence-corrected chi connectivity index (χ0v) is 23.0. The number of nitrogens with zero attached hydrogens (tertiary/aromatic N) is 2. The molecule has 2 aromatic rings. The third kappa shape index (κ3) is 15.4. The van der Waals surface area contributed by atoms with Gasteiger partial charge in [0.1, 0.15) is 0 Å². The summed E-state index contributed by atoms with van der Waals surface area (Å²) in [6.07, 6.45) is 21.1. The zero-order valence-electron chi connectivity index (χ0n) is 23.0. The van der Waals surface area contributed by atoms with Crippen LogP contribution in [0.15, 0.2) is 36.7 Å². The van der Waals surface area contributed by atoms with Gasteiger partial charge in [0.15, 0.2) is 11.6 Å². The van der Waals surface area contributed by atoms with Crippen LogP contribution in [0.5, 0.6) is 5.75 Å². The number of benzene rings is 1. The second kappa shape index (κ2) is 20.6. The summed E-state index contributed by atoms with van der Waals surface area (Å²) in [5, 5.41) is 8.64. The van der Waals surface area contributed by atoms with Crippen molar-refractivity contribution in [2.24, 2.45) is 0 Å². The standard InChI is InChI=1S/C31H48N2O4/c1-2-3-13-22-36-23-14-15-24-37-29-25-32-31(33-26-29)28-20-18-27(19-21-28)16-11-9-7-5-4-6-8-10-12-17-30(34)35/h18-21,25-26H,2-17,22-24H2,1H3,(H,34,35). The average molecular weight is 513 g/mol. The van der Waals surface area contributed by atoms with Gasteiger partial charge in [-0.25, -0.2) is 9.97 Å². The fraction of sp³-hybridized carbons (Fsp3) is 0.645. The fourth-order valence-electron chi connectivity index (χ4n) is 4.26. The molecule has 6 heteroatoms. The molecule has 6 nitrogen and oxygen atoms in total. The van der Waals surface area contributed by atoms with Crippen molar-refractivity contribution in [1.82, 2.24) is 9.97 Å². The van der Waals surface area contributed by atoms with Crippen LogP contribution in [-0.4, -0.2) is 40.9 Å². The van der Waals surface area contributed by atoms with Gasteiger partial charge in [0.25, 0.3) is 0 Å². The van der Waals surface area contributed by atoms with Crippen LogP contribution < -0.4 is 4.74 Å². The molecular formula is C31H48N2O4. The quantitative estimate of drug-likeness (QED) is 0.152. The summed E-state index contributed by atoms with van der Waals surface area (Å²) >= 11 is 0. The number of aromatic nitrogens is 2. The molecule has 2 rings (SSSR count). The van der Waals surface area contributed by atoms with Gasteiger partial charge in [0.2, 0.25) is 0 Å². The molecule has 206 valence electrons. The summed E-state index contributed by atoms with van der Waals surface area (Å²) < 4.78 is 11.4. The minimum Gasteiger partial charge on any atom is -0.490 e. The summed E-state index contributed by atoms with van der Waals surface area (Å²) in [6.45, 7) is 4.53. The third-order valence-electron chi connectivity index (χ3n) is 6.54. The van der Waals surface area contributed by atoms with Gasteiger partial charge in [-0.15, -0.1) is 0 Å². The SMILES string of the molecule is CCCCCOCCCCOc1cnc(-c2ccc(CCCCCCCCCCCC(=O)O)cc2)nc1. The number of carbonyl (C=O) groups is 1. The Hall–Kier alpha value is -2.47. The van der Waals surface area contributed by atoms with Crippen LogP contribution in [0.4, 0.5) is 0 Å². The minimum atomic E-state index is -0.677. The predicted octanol–water partition coefficient (Wildman–Crippen LogP) is 8.04. The minimum absolute atomic E-state index is 0.311. The summed E-state index contributed by atoms with van der Waals surface area (Å²) in [5.41, 5.74) is 2.38. The molecule has 0 unspecified atom stereocenters. The monoisotopic (exact) mass is 512 g/mol. The Balaban J connectivity index is 1.52. The van der Waals surface area contributed by atoms with Crippen LogP contribution in [0.2, 0.25) is 0 Å². The molecule has 0 fully saturated rings. The smallest absolute Gasteiger partial charge is 0.303 e.